The van der Waals surface area contributed by atoms with Gasteiger partial charge in [0.15, 0.2) is 0 Å². The van der Waals surface area contributed by atoms with Crippen molar-refractivity contribution in [3.8, 4) is 0 Å². The lowest BCUT2D eigenvalue weighted by Crippen LogP contribution is -2.28. The number of rotatable bonds is 4. The quantitative estimate of drug-likeness (QED) is 0.733. The van der Waals surface area contributed by atoms with Gasteiger partial charge in [-0.1, -0.05) is 30.3 Å². The Hall–Kier alpha value is -3.41. The van der Waals surface area contributed by atoms with Crippen LogP contribution < -0.4 is 10.9 Å². The second-order valence-electron chi connectivity index (χ2n) is 6.06. The molecule has 0 spiro atoms. The van der Waals surface area contributed by atoms with Crippen molar-refractivity contribution in [2.24, 2.45) is 0 Å². The lowest BCUT2D eigenvalue weighted by molar-refractivity contribution is 0.0827. The molecule has 0 atom stereocenters. The molecule has 3 rings (SSSR count). The molecule has 0 radical (unpaired) electrons. The van der Waals surface area contributed by atoms with Crippen LogP contribution in [0.1, 0.15) is 26.3 Å². The Balaban J connectivity index is 1.72. The average Bonchev–Trinajstić information content (AvgIpc) is 2.65. The predicted molar refractivity (Wildman–Crippen MR) is 98.1 cm³/mol. The Morgan fingerprint density at radius 1 is 1.04 bits per heavy atom. The standard InChI is InChI=1S/C20H18N2O4/c1-22(2)19(24)14-9-7-13(8-10-14)12-21-18(23)16-11-15-5-3-4-6-17(15)26-20(16)25/h3-11H,12H2,1-2H3,(H,21,23). The fourth-order valence-electron chi connectivity index (χ4n) is 2.52. The third-order valence-electron chi connectivity index (χ3n) is 3.95. The van der Waals surface area contributed by atoms with Crippen molar-refractivity contribution >= 4 is 22.8 Å². The fourth-order valence-corrected chi connectivity index (χ4v) is 2.52. The number of benzene rings is 2. The third-order valence-corrected chi connectivity index (χ3v) is 3.95. The molecule has 2 amide bonds. The summed E-state index contributed by atoms with van der Waals surface area (Å²) in [6.45, 7) is 0.238. The molecule has 1 aromatic heterocycles. The molecule has 6 nitrogen and oxygen atoms in total. The Labute approximate surface area is 150 Å². The molecule has 0 aliphatic carbocycles. The van der Waals surface area contributed by atoms with Gasteiger partial charge in [-0.2, -0.15) is 0 Å². The van der Waals surface area contributed by atoms with Gasteiger partial charge < -0.3 is 14.6 Å². The van der Waals surface area contributed by atoms with Gasteiger partial charge in [0.1, 0.15) is 11.1 Å². The summed E-state index contributed by atoms with van der Waals surface area (Å²) in [6, 6.07) is 15.5. The number of para-hydroxylation sites is 1. The van der Waals surface area contributed by atoms with Gasteiger partial charge in [-0.25, -0.2) is 4.79 Å². The van der Waals surface area contributed by atoms with Gasteiger partial charge in [0.2, 0.25) is 0 Å². The van der Waals surface area contributed by atoms with Crippen molar-refractivity contribution < 1.29 is 14.0 Å². The van der Waals surface area contributed by atoms with Crippen LogP contribution in [0.4, 0.5) is 0 Å². The number of fused-ring (bicyclic) bond motifs is 1. The molecule has 0 unspecified atom stereocenters. The highest BCUT2D eigenvalue weighted by Gasteiger charge is 2.13. The van der Waals surface area contributed by atoms with Gasteiger partial charge in [-0.15, -0.1) is 0 Å². The smallest absolute Gasteiger partial charge is 0.349 e. The van der Waals surface area contributed by atoms with E-state index in [1.165, 1.54) is 11.0 Å². The van der Waals surface area contributed by atoms with Crippen molar-refractivity contribution in [1.82, 2.24) is 10.2 Å². The van der Waals surface area contributed by atoms with E-state index >= 15 is 0 Å². The van der Waals surface area contributed by atoms with E-state index in [1.807, 2.05) is 0 Å². The number of nitrogens with zero attached hydrogens (tertiary/aromatic N) is 1. The molecule has 3 aromatic rings. The van der Waals surface area contributed by atoms with Crippen LogP contribution in [0, 0.1) is 0 Å². The van der Waals surface area contributed by atoms with Gasteiger partial charge in [0.25, 0.3) is 11.8 Å². The highest BCUT2D eigenvalue weighted by atomic mass is 16.4. The molecule has 26 heavy (non-hydrogen) atoms. The number of hydrogen-bond donors (Lipinski definition) is 1. The first-order valence-corrected chi connectivity index (χ1v) is 8.07. The van der Waals surface area contributed by atoms with Crippen molar-refractivity contribution in [3.05, 3.63) is 81.7 Å². The van der Waals surface area contributed by atoms with E-state index in [0.717, 1.165) is 5.56 Å². The molecule has 1 heterocycles. The summed E-state index contributed by atoms with van der Waals surface area (Å²) in [5.41, 5.74) is 1.12. The van der Waals surface area contributed by atoms with Crippen LogP contribution in [0.5, 0.6) is 0 Å². The molecular weight excluding hydrogens is 332 g/mol. The summed E-state index contributed by atoms with van der Waals surface area (Å²) in [6.07, 6.45) is 0. The number of amides is 2. The molecule has 132 valence electrons. The number of nitrogens with one attached hydrogen (secondary N) is 1. The fraction of sp³-hybridized carbons (Fsp3) is 0.150. The Kier molecular flexibility index (Phi) is 4.84. The van der Waals surface area contributed by atoms with Crippen molar-refractivity contribution in [2.45, 2.75) is 6.54 Å². The number of carbonyl (C=O) groups excluding carboxylic acids is 2. The van der Waals surface area contributed by atoms with Crippen molar-refractivity contribution in [1.29, 1.82) is 0 Å². The normalized spacial score (nSPS) is 10.5. The topological polar surface area (TPSA) is 79.6 Å². The summed E-state index contributed by atoms with van der Waals surface area (Å²) >= 11 is 0. The molecule has 0 bridgehead atoms. The Morgan fingerprint density at radius 3 is 2.42 bits per heavy atom. The van der Waals surface area contributed by atoms with Gasteiger partial charge >= 0.3 is 5.63 Å². The molecule has 6 heteroatoms. The Bertz CT molecular complexity index is 1020. The summed E-state index contributed by atoms with van der Waals surface area (Å²) in [4.78, 5) is 37.7. The first-order valence-electron chi connectivity index (χ1n) is 8.07. The highest BCUT2D eigenvalue weighted by molar-refractivity contribution is 5.96. The first kappa shape index (κ1) is 17.4. The summed E-state index contributed by atoms with van der Waals surface area (Å²) < 4.78 is 5.17. The number of carbonyl (C=O) groups is 2. The van der Waals surface area contributed by atoms with Crippen LogP contribution in [0.3, 0.4) is 0 Å². The van der Waals surface area contributed by atoms with Gasteiger partial charge in [0.05, 0.1) is 0 Å². The van der Waals surface area contributed by atoms with Crippen LogP contribution in [0.15, 0.2) is 63.8 Å². The lowest BCUT2D eigenvalue weighted by atomic mass is 10.1. The van der Waals surface area contributed by atoms with Crippen LogP contribution >= 0.6 is 0 Å². The van der Waals surface area contributed by atoms with Crippen LogP contribution in [-0.2, 0) is 6.54 Å². The molecular formula is C20H18N2O4. The van der Waals surface area contributed by atoms with Crippen LogP contribution in [0.25, 0.3) is 11.0 Å². The van der Waals surface area contributed by atoms with E-state index in [0.29, 0.717) is 16.5 Å². The van der Waals surface area contributed by atoms with Gasteiger partial charge in [-0.3, -0.25) is 9.59 Å². The van der Waals surface area contributed by atoms with E-state index in [9.17, 15) is 14.4 Å². The number of hydrogen-bond acceptors (Lipinski definition) is 4. The zero-order valence-electron chi connectivity index (χ0n) is 14.5. The minimum Gasteiger partial charge on any atom is -0.422 e. The van der Waals surface area contributed by atoms with E-state index in [2.05, 4.69) is 5.32 Å². The second-order valence-corrected chi connectivity index (χ2v) is 6.06. The minimum atomic E-state index is -0.673. The van der Waals surface area contributed by atoms with Crippen molar-refractivity contribution in [2.75, 3.05) is 14.1 Å². The molecule has 2 aromatic carbocycles. The first-order chi connectivity index (χ1) is 12.5. The average molecular weight is 350 g/mol. The second kappa shape index (κ2) is 7.23. The van der Waals surface area contributed by atoms with E-state index < -0.39 is 11.5 Å². The molecule has 0 saturated heterocycles. The van der Waals surface area contributed by atoms with E-state index in [4.69, 9.17) is 4.42 Å². The summed E-state index contributed by atoms with van der Waals surface area (Å²) in [7, 11) is 3.37. The Morgan fingerprint density at radius 2 is 1.73 bits per heavy atom. The largest absolute Gasteiger partial charge is 0.422 e. The molecule has 1 N–H and O–H groups in total. The minimum absolute atomic E-state index is 0.0388. The summed E-state index contributed by atoms with van der Waals surface area (Å²) in [5.74, 6) is -0.590. The maximum Gasteiger partial charge on any atom is 0.349 e. The molecule has 0 fully saturated rings. The van der Waals surface area contributed by atoms with Gasteiger partial charge in [0, 0.05) is 31.6 Å². The van der Waals surface area contributed by atoms with Gasteiger partial charge in [-0.05, 0) is 29.8 Å². The highest BCUT2D eigenvalue weighted by Crippen LogP contribution is 2.13. The monoisotopic (exact) mass is 350 g/mol. The maximum atomic E-state index is 12.3. The SMILES string of the molecule is CN(C)C(=O)c1ccc(CNC(=O)c2cc3ccccc3oc2=O)cc1. The van der Waals surface area contributed by atoms with Crippen LogP contribution in [-0.4, -0.2) is 30.8 Å². The molecule has 0 aliphatic rings. The van der Waals surface area contributed by atoms with Crippen LogP contribution in [0.2, 0.25) is 0 Å². The molecule has 0 saturated carbocycles. The zero-order chi connectivity index (χ0) is 18.7. The lowest BCUT2D eigenvalue weighted by Gasteiger charge is -2.11. The summed E-state index contributed by atoms with van der Waals surface area (Å²) in [5, 5.41) is 3.38. The van der Waals surface area contributed by atoms with Crippen molar-refractivity contribution in [3.63, 3.8) is 0 Å². The van der Waals surface area contributed by atoms with E-state index in [-0.39, 0.29) is 18.0 Å². The van der Waals surface area contributed by atoms with E-state index in [1.54, 1.807) is 62.6 Å². The third kappa shape index (κ3) is 3.64. The molecule has 0 aliphatic heterocycles. The predicted octanol–water partition coefficient (Wildman–Crippen LogP) is 2.42. The zero-order valence-corrected chi connectivity index (χ0v) is 14.5. The maximum absolute atomic E-state index is 12.3.